The molecule has 0 saturated carbocycles. The molecule has 2 aliphatic rings. The van der Waals surface area contributed by atoms with Gasteiger partial charge >= 0.3 is 0 Å². The minimum Gasteiger partial charge on any atom is -0.497 e. The molecule has 138 valence electrons. The first-order valence-corrected chi connectivity index (χ1v) is 8.63. The number of carbonyl (C=O) groups excluding carboxylic acids is 1. The van der Waals surface area contributed by atoms with E-state index in [0.717, 1.165) is 12.8 Å². The molecule has 8 heteroatoms. The first kappa shape index (κ1) is 16.8. The zero-order valence-corrected chi connectivity index (χ0v) is 14.9. The van der Waals surface area contributed by atoms with Crippen molar-refractivity contribution in [3.05, 3.63) is 36.4 Å². The van der Waals surface area contributed by atoms with Crippen molar-refractivity contribution in [3.8, 4) is 11.5 Å². The number of hydrogen-bond acceptors (Lipinski definition) is 6. The number of hydrogen-bond donors (Lipinski definition) is 0. The number of amides is 1. The molecule has 4 rings (SSSR count). The summed E-state index contributed by atoms with van der Waals surface area (Å²) in [5.74, 6) is 1.13. The van der Waals surface area contributed by atoms with Gasteiger partial charge < -0.3 is 23.7 Å². The summed E-state index contributed by atoms with van der Waals surface area (Å²) in [7, 11) is 3.14. The minimum atomic E-state index is -0.287. The maximum atomic E-state index is 13.0. The van der Waals surface area contributed by atoms with E-state index in [9.17, 15) is 4.79 Å². The Morgan fingerprint density at radius 1 is 1.27 bits per heavy atom. The van der Waals surface area contributed by atoms with Crippen molar-refractivity contribution in [3.63, 3.8) is 0 Å². The van der Waals surface area contributed by atoms with E-state index in [0.29, 0.717) is 36.8 Å². The van der Waals surface area contributed by atoms with Gasteiger partial charge in [0.2, 0.25) is 0 Å². The van der Waals surface area contributed by atoms with Crippen LogP contribution in [0.25, 0.3) is 0 Å². The predicted molar refractivity (Wildman–Crippen MR) is 92.4 cm³/mol. The molecule has 2 aliphatic heterocycles. The van der Waals surface area contributed by atoms with Crippen molar-refractivity contribution in [1.82, 2.24) is 19.7 Å². The Bertz CT molecular complexity index is 794. The summed E-state index contributed by atoms with van der Waals surface area (Å²) < 4.78 is 18.7. The van der Waals surface area contributed by atoms with Crippen molar-refractivity contribution < 1.29 is 19.0 Å². The lowest BCUT2D eigenvalue weighted by atomic mass is 9.97. The topological polar surface area (TPSA) is 78.7 Å². The Hall–Kier alpha value is -2.61. The van der Waals surface area contributed by atoms with Gasteiger partial charge in [0.25, 0.3) is 5.91 Å². The van der Waals surface area contributed by atoms with Gasteiger partial charge in [-0.25, -0.2) is 0 Å². The predicted octanol–water partition coefficient (Wildman–Crippen LogP) is 1.54. The van der Waals surface area contributed by atoms with E-state index in [1.54, 1.807) is 45.1 Å². The number of benzene rings is 1. The van der Waals surface area contributed by atoms with Gasteiger partial charge in [0.15, 0.2) is 0 Å². The molecule has 2 saturated heterocycles. The van der Waals surface area contributed by atoms with E-state index in [-0.39, 0.29) is 17.6 Å². The lowest BCUT2D eigenvalue weighted by Gasteiger charge is -2.24. The molecule has 2 atom stereocenters. The first-order valence-electron chi connectivity index (χ1n) is 8.63. The highest BCUT2D eigenvalue weighted by molar-refractivity contribution is 5.97. The van der Waals surface area contributed by atoms with Gasteiger partial charge in [-0.2, -0.15) is 0 Å². The fraction of sp³-hybridized carbons (Fsp3) is 0.500. The van der Waals surface area contributed by atoms with E-state index < -0.39 is 0 Å². The molecule has 1 aromatic heterocycles. The lowest BCUT2D eigenvalue weighted by Crippen LogP contribution is -2.36. The largest absolute Gasteiger partial charge is 0.497 e. The number of nitrogens with zero attached hydrogens (tertiary/aromatic N) is 4. The first-order chi connectivity index (χ1) is 12.6. The zero-order chi connectivity index (χ0) is 18.1. The number of rotatable bonds is 4. The molecular formula is C18H22N4O4. The zero-order valence-electron chi connectivity index (χ0n) is 14.9. The molecule has 2 fully saturated rings. The third kappa shape index (κ3) is 2.90. The third-order valence-corrected chi connectivity index (χ3v) is 5.29. The van der Waals surface area contributed by atoms with Crippen LogP contribution in [0.4, 0.5) is 0 Å². The van der Waals surface area contributed by atoms with Crippen LogP contribution in [0.3, 0.4) is 0 Å². The molecule has 1 spiro atoms. The van der Waals surface area contributed by atoms with Crippen LogP contribution in [-0.2, 0) is 4.74 Å². The number of ether oxygens (including phenoxy) is 3. The molecule has 0 bridgehead atoms. The van der Waals surface area contributed by atoms with E-state index in [1.165, 1.54) is 0 Å². The fourth-order valence-electron chi connectivity index (χ4n) is 3.86. The quantitative estimate of drug-likeness (QED) is 0.825. The SMILES string of the molecule is COc1ccc(C(=O)N2CCC3(CC(n4cnnc4)CO3)C2)c(OC)c1. The van der Waals surface area contributed by atoms with Crippen LogP contribution in [0.15, 0.2) is 30.9 Å². The van der Waals surface area contributed by atoms with Gasteiger partial charge in [-0.15, -0.1) is 10.2 Å². The molecule has 1 amide bonds. The van der Waals surface area contributed by atoms with Crippen LogP contribution in [0.1, 0.15) is 29.2 Å². The fourth-order valence-corrected chi connectivity index (χ4v) is 3.86. The second-order valence-electron chi connectivity index (χ2n) is 6.80. The number of likely N-dealkylation sites (tertiary alicyclic amines) is 1. The van der Waals surface area contributed by atoms with Crippen molar-refractivity contribution in [2.45, 2.75) is 24.5 Å². The van der Waals surface area contributed by atoms with Gasteiger partial charge in [0.05, 0.1) is 44.6 Å². The standard InChI is InChI=1S/C18H22N4O4/c1-24-14-3-4-15(16(7-14)25-2)17(23)21-6-5-18(10-21)8-13(9-26-18)22-11-19-20-12-22/h3-4,7,11-13H,5-6,8-10H2,1-2H3. The van der Waals surface area contributed by atoms with Crippen LogP contribution in [0.2, 0.25) is 0 Å². The van der Waals surface area contributed by atoms with Crippen LogP contribution in [0, 0.1) is 0 Å². The Morgan fingerprint density at radius 2 is 2.08 bits per heavy atom. The molecule has 3 heterocycles. The molecule has 2 aromatic rings. The molecule has 0 aliphatic carbocycles. The number of methoxy groups -OCH3 is 2. The molecule has 1 aromatic carbocycles. The molecule has 0 radical (unpaired) electrons. The van der Waals surface area contributed by atoms with Gasteiger partial charge in [-0.3, -0.25) is 4.79 Å². The smallest absolute Gasteiger partial charge is 0.257 e. The lowest BCUT2D eigenvalue weighted by molar-refractivity contribution is 0.0117. The molecule has 0 N–H and O–H groups in total. The summed E-state index contributed by atoms with van der Waals surface area (Å²) in [4.78, 5) is 14.8. The third-order valence-electron chi connectivity index (χ3n) is 5.29. The minimum absolute atomic E-state index is 0.0438. The summed E-state index contributed by atoms with van der Waals surface area (Å²) >= 11 is 0. The van der Waals surface area contributed by atoms with Crippen molar-refractivity contribution >= 4 is 5.91 Å². The number of aromatic nitrogens is 3. The van der Waals surface area contributed by atoms with Crippen molar-refractivity contribution in [2.75, 3.05) is 33.9 Å². The Balaban J connectivity index is 1.48. The average Bonchev–Trinajstić information content (AvgIpc) is 3.42. The van der Waals surface area contributed by atoms with E-state index in [2.05, 4.69) is 10.2 Å². The van der Waals surface area contributed by atoms with Gasteiger partial charge in [0, 0.05) is 19.0 Å². The molecular weight excluding hydrogens is 336 g/mol. The summed E-state index contributed by atoms with van der Waals surface area (Å²) in [6.45, 7) is 1.87. The molecule has 8 nitrogen and oxygen atoms in total. The monoisotopic (exact) mass is 358 g/mol. The molecule has 2 unspecified atom stereocenters. The highest BCUT2D eigenvalue weighted by Gasteiger charge is 2.47. The second-order valence-corrected chi connectivity index (χ2v) is 6.80. The van der Waals surface area contributed by atoms with E-state index in [4.69, 9.17) is 14.2 Å². The van der Waals surface area contributed by atoms with E-state index in [1.807, 2.05) is 9.47 Å². The highest BCUT2D eigenvalue weighted by Crippen LogP contribution is 2.40. The maximum Gasteiger partial charge on any atom is 0.257 e. The Morgan fingerprint density at radius 3 is 2.81 bits per heavy atom. The highest BCUT2D eigenvalue weighted by atomic mass is 16.5. The van der Waals surface area contributed by atoms with E-state index >= 15 is 0 Å². The van der Waals surface area contributed by atoms with Crippen LogP contribution in [0.5, 0.6) is 11.5 Å². The van der Waals surface area contributed by atoms with Gasteiger partial charge in [-0.1, -0.05) is 0 Å². The number of carbonyl (C=O) groups is 1. The molecule has 26 heavy (non-hydrogen) atoms. The summed E-state index contributed by atoms with van der Waals surface area (Å²) in [6.07, 6.45) is 5.12. The van der Waals surface area contributed by atoms with Crippen molar-refractivity contribution in [2.24, 2.45) is 0 Å². The Kier molecular flexibility index (Phi) is 4.28. The van der Waals surface area contributed by atoms with Crippen molar-refractivity contribution in [1.29, 1.82) is 0 Å². The van der Waals surface area contributed by atoms with Gasteiger partial charge in [-0.05, 0) is 18.6 Å². The summed E-state index contributed by atoms with van der Waals surface area (Å²) in [5, 5.41) is 7.73. The summed E-state index contributed by atoms with van der Waals surface area (Å²) in [5.41, 5.74) is 0.253. The Labute approximate surface area is 151 Å². The second kappa shape index (κ2) is 6.60. The normalized spacial score (nSPS) is 25.0. The van der Waals surface area contributed by atoms with Crippen LogP contribution < -0.4 is 9.47 Å². The van der Waals surface area contributed by atoms with Crippen LogP contribution >= 0.6 is 0 Å². The van der Waals surface area contributed by atoms with Crippen LogP contribution in [-0.4, -0.2) is 65.1 Å². The average molecular weight is 358 g/mol. The van der Waals surface area contributed by atoms with Gasteiger partial charge in [0.1, 0.15) is 24.2 Å². The maximum absolute atomic E-state index is 13.0. The summed E-state index contributed by atoms with van der Waals surface area (Å²) in [6, 6.07) is 5.47.